The lowest BCUT2D eigenvalue weighted by Crippen LogP contribution is -2.66. The third-order valence-electron chi connectivity index (χ3n) is 3.77. The van der Waals surface area contributed by atoms with Crippen LogP contribution in [0.1, 0.15) is 18.9 Å². The summed E-state index contributed by atoms with van der Waals surface area (Å²) < 4.78 is -0.0791. The van der Waals surface area contributed by atoms with Crippen molar-refractivity contribution in [1.29, 1.82) is 0 Å². The fourth-order valence-electron chi connectivity index (χ4n) is 2.41. The molecule has 6 heteroatoms. The molecule has 0 bridgehead atoms. The normalized spacial score (nSPS) is 21.3. The maximum Gasteiger partial charge on any atom is 0.284 e. The van der Waals surface area contributed by atoms with Gasteiger partial charge < -0.3 is 9.80 Å². The van der Waals surface area contributed by atoms with Crippen LogP contribution in [-0.4, -0.2) is 38.8 Å². The number of nitrogens with zero attached hydrogens (tertiary/aromatic N) is 2. The average molecular weight is 407 g/mol. The van der Waals surface area contributed by atoms with Gasteiger partial charge in [0, 0.05) is 47.8 Å². The van der Waals surface area contributed by atoms with Gasteiger partial charge in [-0.1, -0.05) is 23.7 Å². The molecule has 20 heavy (non-hydrogen) atoms. The molecule has 1 heterocycles. The summed E-state index contributed by atoms with van der Waals surface area (Å²) in [6.07, 6.45) is 0.714. The Bertz CT molecular complexity index is 534. The third-order valence-corrected chi connectivity index (χ3v) is 4.60. The number of benzene rings is 1. The van der Waals surface area contributed by atoms with Crippen molar-refractivity contribution in [1.82, 2.24) is 9.80 Å². The molecule has 0 unspecified atom stereocenters. The van der Waals surface area contributed by atoms with Gasteiger partial charge in [-0.3, -0.25) is 9.59 Å². The van der Waals surface area contributed by atoms with Crippen LogP contribution in [0.25, 0.3) is 0 Å². The number of rotatable bonds is 3. The van der Waals surface area contributed by atoms with E-state index in [0.717, 1.165) is 5.56 Å². The maximum atomic E-state index is 12.5. The van der Waals surface area contributed by atoms with Crippen LogP contribution >= 0.6 is 34.2 Å². The Hall–Kier alpha value is -0.820. The minimum absolute atomic E-state index is 0.0243. The van der Waals surface area contributed by atoms with E-state index in [2.05, 4.69) is 0 Å². The van der Waals surface area contributed by atoms with Gasteiger partial charge >= 0.3 is 0 Å². The first-order chi connectivity index (χ1) is 9.34. The zero-order chi connectivity index (χ0) is 14.9. The van der Waals surface area contributed by atoms with Crippen LogP contribution in [0.2, 0.25) is 5.02 Å². The van der Waals surface area contributed by atoms with Gasteiger partial charge in [0.25, 0.3) is 3.91 Å². The summed E-state index contributed by atoms with van der Waals surface area (Å²) in [4.78, 5) is 27.3. The van der Waals surface area contributed by atoms with E-state index in [1.807, 2.05) is 19.1 Å². The number of hydrogen-bond acceptors (Lipinski definition) is 2. The molecule has 1 aliphatic heterocycles. The molecular weight excluding hydrogens is 391 g/mol. The Morgan fingerprint density at radius 3 is 2.45 bits per heavy atom. The van der Waals surface area contributed by atoms with Crippen LogP contribution in [0.4, 0.5) is 4.79 Å². The van der Waals surface area contributed by atoms with Crippen LogP contribution in [0.5, 0.6) is 0 Å². The highest BCUT2D eigenvalue weighted by Gasteiger charge is 2.49. The van der Waals surface area contributed by atoms with Crippen LogP contribution in [0.3, 0.4) is 0 Å². The highest BCUT2D eigenvalue weighted by atomic mass is 127. The minimum atomic E-state index is -0.695. The second-order valence-electron chi connectivity index (χ2n) is 5.22. The maximum absolute atomic E-state index is 12.5. The van der Waals surface area contributed by atoms with Gasteiger partial charge in [0.2, 0.25) is 5.91 Å². The van der Waals surface area contributed by atoms with Gasteiger partial charge in [-0.25, -0.2) is 0 Å². The van der Waals surface area contributed by atoms with E-state index in [0.29, 0.717) is 24.5 Å². The molecule has 1 atom stereocenters. The van der Waals surface area contributed by atoms with Crippen LogP contribution < -0.4 is 0 Å². The molecule has 0 radical (unpaired) electrons. The summed E-state index contributed by atoms with van der Waals surface area (Å²) in [5, 5.41) is 0.676. The van der Waals surface area contributed by atoms with E-state index in [1.54, 1.807) is 51.6 Å². The van der Waals surface area contributed by atoms with E-state index in [9.17, 15) is 9.59 Å². The first-order valence-corrected chi connectivity index (χ1v) is 7.77. The second kappa shape index (κ2) is 5.89. The summed E-state index contributed by atoms with van der Waals surface area (Å²) in [6, 6.07) is 7.41. The Kier molecular flexibility index (Phi) is 4.59. The Morgan fingerprint density at radius 2 is 2.00 bits per heavy atom. The predicted octanol–water partition coefficient (Wildman–Crippen LogP) is 3.32. The van der Waals surface area contributed by atoms with Crippen molar-refractivity contribution in [3.63, 3.8) is 0 Å². The first kappa shape index (κ1) is 15.6. The fourth-order valence-corrected chi connectivity index (χ4v) is 3.31. The van der Waals surface area contributed by atoms with E-state index in [1.165, 1.54) is 0 Å². The summed E-state index contributed by atoms with van der Waals surface area (Å²) in [6.45, 7) is 2.99. The minimum Gasteiger partial charge on any atom is -0.339 e. The molecule has 1 aromatic carbocycles. The Balaban J connectivity index is 2.05. The van der Waals surface area contributed by atoms with Gasteiger partial charge in [-0.2, -0.15) is 0 Å². The van der Waals surface area contributed by atoms with Crippen molar-refractivity contribution in [3.8, 4) is 0 Å². The molecule has 1 fully saturated rings. The zero-order valence-electron chi connectivity index (χ0n) is 11.4. The quantitative estimate of drug-likeness (QED) is 0.439. The van der Waals surface area contributed by atoms with Gasteiger partial charge in [-0.05, 0) is 31.0 Å². The SMILES string of the molecule is CN(Cc1ccc(Cl)cc1)C(=O)[C@@]1(C)CCN1C(=O)I. The summed E-state index contributed by atoms with van der Waals surface area (Å²) in [7, 11) is 1.76. The molecular formula is C14H16ClIN2O2. The molecule has 4 nitrogen and oxygen atoms in total. The molecule has 0 saturated carbocycles. The molecule has 2 rings (SSSR count). The van der Waals surface area contributed by atoms with E-state index >= 15 is 0 Å². The Morgan fingerprint density at radius 1 is 1.40 bits per heavy atom. The number of likely N-dealkylation sites (tertiary alicyclic amines) is 1. The van der Waals surface area contributed by atoms with E-state index in [-0.39, 0.29) is 9.82 Å². The van der Waals surface area contributed by atoms with Gasteiger partial charge in [0.15, 0.2) is 0 Å². The molecule has 1 aliphatic rings. The lowest BCUT2D eigenvalue weighted by atomic mass is 9.86. The summed E-state index contributed by atoms with van der Waals surface area (Å²) >= 11 is 7.57. The average Bonchev–Trinajstić information content (AvgIpc) is 2.37. The largest absolute Gasteiger partial charge is 0.339 e. The molecule has 108 valence electrons. The monoisotopic (exact) mass is 406 g/mol. The number of likely N-dealkylation sites (N-methyl/N-ethyl adjacent to an activating group) is 1. The first-order valence-electron chi connectivity index (χ1n) is 6.32. The molecule has 0 aliphatic carbocycles. The summed E-state index contributed by atoms with van der Waals surface area (Å²) in [5.74, 6) is -0.0243. The Labute approximate surface area is 137 Å². The number of carbonyl (C=O) groups excluding carboxylic acids is 2. The van der Waals surface area contributed by atoms with E-state index < -0.39 is 5.54 Å². The topological polar surface area (TPSA) is 40.6 Å². The van der Waals surface area contributed by atoms with Crippen molar-refractivity contribution in [2.45, 2.75) is 25.4 Å². The zero-order valence-corrected chi connectivity index (χ0v) is 14.3. The van der Waals surface area contributed by atoms with Gasteiger partial charge in [0.1, 0.15) is 5.54 Å². The number of hydrogen-bond donors (Lipinski definition) is 0. The number of halogens is 2. The van der Waals surface area contributed by atoms with Crippen LogP contribution in [0, 0.1) is 0 Å². The van der Waals surface area contributed by atoms with Crippen molar-refractivity contribution < 1.29 is 9.59 Å². The highest BCUT2D eigenvalue weighted by Crippen LogP contribution is 2.34. The fraction of sp³-hybridized carbons (Fsp3) is 0.429. The molecule has 1 saturated heterocycles. The molecule has 0 aromatic heterocycles. The lowest BCUT2D eigenvalue weighted by molar-refractivity contribution is -0.147. The third kappa shape index (κ3) is 2.93. The lowest BCUT2D eigenvalue weighted by Gasteiger charge is -2.49. The standard InChI is InChI=1S/C14H16ClIN2O2/c1-14(7-8-18(14)13(16)20)12(19)17(2)9-10-3-5-11(15)6-4-10/h3-6H,7-9H2,1-2H3/t14-/m1/s1. The van der Waals surface area contributed by atoms with Crippen LogP contribution in [0.15, 0.2) is 24.3 Å². The summed E-state index contributed by atoms with van der Waals surface area (Å²) in [5.41, 5.74) is 0.319. The van der Waals surface area contributed by atoms with Crippen molar-refractivity contribution >= 4 is 44.0 Å². The predicted molar refractivity (Wildman–Crippen MR) is 87.1 cm³/mol. The van der Waals surface area contributed by atoms with Crippen molar-refractivity contribution in [2.75, 3.05) is 13.6 Å². The van der Waals surface area contributed by atoms with Gasteiger partial charge in [0.05, 0.1) is 0 Å². The molecule has 2 amide bonds. The molecule has 0 spiro atoms. The van der Waals surface area contributed by atoms with Gasteiger partial charge in [-0.15, -0.1) is 0 Å². The second-order valence-corrected chi connectivity index (χ2v) is 6.58. The molecule has 1 aromatic rings. The van der Waals surface area contributed by atoms with Crippen LogP contribution in [-0.2, 0) is 11.3 Å². The number of carbonyl (C=O) groups is 2. The highest BCUT2D eigenvalue weighted by molar-refractivity contribution is 14.1. The van der Waals surface area contributed by atoms with Crippen molar-refractivity contribution in [2.24, 2.45) is 0 Å². The van der Waals surface area contributed by atoms with E-state index in [4.69, 9.17) is 11.6 Å². The smallest absolute Gasteiger partial charge is 0.284 e. The molecule has 0 N–H and O–H groups in total. The van der Waals surface area contributed by atoms with Crippen molar-refractivity contribution in [3.05, 3.63) is 34.9 Å². The number of amides is 2.